The molecule has 1 saturated heterocycles. The second kappa shape index (κ2) is 4.24. The zero-order valence-corrected chi connectivity index (χ0v) is 8.47. The van der Waals surface area contributed by atoms with Crippen molar-refractivity contribution in [3.05, 3.63) is 0 Å². The highest BCUT2D eigenvalue weighted by atomic mass is 35.5. The normalized spacial score (nSPS) is 31.9. The Morgan fingerprint density at radius 1 is 1.42 bits per heavy atom. The van der Waals surface area contributed by atoms with Crippen LogP contribution >= 0.6 is 11.6 Å². The van der Waals surface area contributed by atoms with Gasteiger partial charge in [0.15, 0.2) is 0 Å². The summed E-state index contributed by atoms with van der Waals surface area (Å²) in [5.41, 5.74) is 0. The van der Waals surface area contributed by atoms with Gasteiger partial charge in [0.2, 0.25) is 5.24 Å². The number of hydrogen-bond donors (Lipinski definition) is 0. The van der Waals surface area contributed by atoms with Crippen molar-refractivity contribution in [1.82, 2.24) is 4.90 Å². The van der Waals surface area contributed by atoms with Crippen LogP contribution in [-0.4, -0.2) is 29.8 Å². The molecule has 2 nitrogen and oxygen atoms in total. The summed E-state index contributed by atoms with van der Waals surface area (Å²) in [6.45, 7) is 6.89. The van der Waals surface area contributed by atoms with Gasteiger partial charge < -0.3 is 0 Å². The highest BCUT2D eigenvalue weighted by Crippen LogP contribution is 2.20. The summed E-state index contributed by atoms with van der Waals surface area (Å²) in [5.74, 6) is 1.40. The molecule has 2 unspecified atom stereocenters. The van der Waals surface area contributed by atoms with Crippen molar-refractivity contribution >= 4 is 16.8 Å². The lowest BCUT2D eigenvalue weighted by Gasteiger charge is -2.33. The number of rotatable bonds is 2. The molecule has 0 amide bonds. The van der Waals surface area contributed by atoms with Crippen LogP contribution in [0.3, 0.4) is 0 Å². The molecule has 0 radical (unpaired) electrons. The minimum atomic E-state index is -0.240. The van der Waals surface area contributed by atoms with E-state index in [0.29, 0.717) is 18.4 Å². The van der Waals surface area contributed by atoms with E-state index in [4.69, 9.17) is 11.6 Å². The molecule has 0 aromatic heterocycles. The molecule has 1 aliphatic heterocycles. The number of piperidine rings is 1. The summed E-state index contributed by atoms with van der Waals surface area (Å²) in [6.07, 6.45) is 1.27. The van der Waals surface area contributed by atoms with Gasteiger partial charge in [-0.2, -0.15) is 0 Å². The quantitative estimate of drug-likeness (QED) is 0.617. The summed E-state index contributed by atoms with van der Waals surface area (Å²) < 4.78 is 0. The number of carbonyl (C=O) groups is 1. The molecule has 1 aliphatic rings. The predicted molar refractivity (Wildman–Crippen MR) is 50.2 cm³/mol. The van der Waals surface area contributed by atoms with Crippen molar-refractivity contribution in [2.75, 3.05) is 19.6 Å². The Morgan fingerprint density at radius 2 is 1.92 bits per heavy atom. The van der Waals surface area contributed by atoms with Crippen molar-refractivity contribution < 1.29 is 4.79 Å². The molecule has 70 valence electrons. The average Bonchev–Trinajstić information content (AvgIpc) is 1.81. The smallest absolute Gasteiger partial charge is 0.235 e. The zero-order chi connectivity index (χ0) is 9.14. The van der Waals surface area contributed by atoms with Crippen LogP contribution in [0, 0.1) is 11.8 Å². The molecule has 0 N–H and O–H groups in total. The van der Waals surface area contributed by atoms with Crippen LogP contribution in [0.5, 0.6) is 0 Å². The molecular weight excluding hydrogens is 174 g/mol. The molecule has 0 aromatic rings. The van der Waals surface area contributed by atoms with Crippen LogP contribution in [0.25, 0.3) is 0 Å². The second-order valence-electron chi connectivity index (χ2n) is 4.00. The third-order valence-corrected chi connectivity index (χ3v) is 2.41. The molecule has 0 aliphatic carbocycles. The second-order valence-corrected chi connectivity index (χ2v) is 4.42. The topological polar surface area (TPSA) is 20.3 Å². The third-order valence-electron chi connectivity index (χ3n) is 2.29. The standard InChI is InChI=1S/C9H16ClNO/c1-7-3-8(2)5-11(4-7)6-9(10)12/h7-8H,3-6H2,1-2H3. The molecule has 1 heterocycles. The van der Waals surface area contributed by atoms with Gasteiger partial charge in [0.05, 0.1) is 6.54 Å². The first-order chi connectivity index (χ1) is 5.58. The van der Waals surface area contributed by atoms with Gasteiger partial charge in [-0.25, -0.2) is 0 Å². The molecule has 12 heavy (non-hydrogen) atoms. The van der Waals surface area contributed by atoms with Gasteiger partial charge in [0.1, 0.15) is 0 Å². The lowest BCUT2D eigenvalue weighted by molar-refractivity contribution is -0.113. The van der Waals surface area contributed by atoms with Crippen molar-refractivity contribution in [2.24, 2.45) is 11.8 Å². The van der Waals surface area contributed by atoms with E-state index >= 15 is 0 Å². The van der Waals surface area contributed by atoms with Crippen molar-refractivity contribution in [3.63, 3.8) is 0 Å². The van der Waals surface area contributed by atoms with E-state index in [1.54, 1.807) is 0 Å². The Bertz CT molecular complexity index is 162. The third kappa shape index (κ3) is 3.11. The van der Waals surface area contributed by atoms with Crippen molar-refractivity contribution in [3.8, 4) is 0 Å². The number of nitrogens with zero attached hydrogens (tertiary/aromatic N) is 1. The Hall–Kier alpha value is -0.0800. The Labute approximate surface area is 78.9 Å². The molecule has 3 heteroatoms. The lowest BCUT2D eigenvalue weighted by atomic mass is 9.92. The molecular formula is C9H16ClNO. The largest absolute Gasteiger partial charge is 0.295 e. The Kier molecular flexibility index (Phi) is 3.53. The Morgan fingerprint density at radius 3 is 2.33 bits per heavy atom. The summed E-state index contributed by atoms with van der Waals surface area (Å²) >= 11 is 5.33. The Balaban J connectivity index is 2.38. The zero-order valence-electron chi connectivity index (χ0n) is 7.72. The molecule has 0 aromatic carbocycles. The van der Waals surface area contributed by atoms with E-state index in [1.807, 2.05) is 0 Å². The number of halogens is 1. The van der Waals surface area contributed by atoms with Gasteiger partial charge in [0, 0.05) is 13.1 Å². The first-order valence-electron chi connectivity index (χ1n) is 4.48. The highest BCUT2D eigenvalue weighted by molar-refractivity contribution is 6.64. The highest BCUT2D eigenvalue weighted by Gasteiger charge is 2.22. The van der Waals surface area contributed by atoms with Crippen LogP contribution in [-0.2, 0) is 4.79 Å². The summed E-state index contributed by atoms with van der Waals surface area (Å²) in [7, 11) is 0. The number of hydrogen-bond acceptors (Lipinski definition) is 2. The monoisotopic (exact) mass is 189 g/mol. The van der Waals surface area contributed by atoms with Crippen LogP contribution < -0.4 is 0 Å². The maximum atomic E-state index is 10.6. The van der Waals surface area contributed by atoms with E-state index in [9.17, 15) is 4.79 Å². The molecule has 0 bridgehead atoms. The van der Waals surface area contributed by atoms with E-state index in [0.717, 1.165) is 13.1 Å². The predicted octanol–water partition coefficient (Wildman–Crippen LogP) is 1.73. The van der Waals surface area contributed by atoms with Crippen molar-refractivity contribution in [1.29, 1.82) is 0 Å². The number of carbonyl (C=O) groups excluding carboxylic acids is 1. The van der Waals surface area contributed by atoms with E-state index in [-0.39, 0.29) is 5.24 Å². The lowest BCUT2D eigenvalue weighted by Crippen LogP contribution is -2.40. The fourth-order valence-corrected chi connectivity index (χ4v) is 2.27. The van der Waals surface area contributed by atoms with Crippen LogP contribution in [0.1, 0.15) is 20.3 Å². The first-order valence-corrected chi connectivity index (χ1v) is 4.86. The molecule has 1 fully saturated rings. The van der Waals surface area contributed by atoms with Gasteiger partial charge in [-0.15, -0.1) is 0 Å². The minimum absolute atomic E-state index is 0.240. The molecule has 1 rings (SSSR count). The number of likely N-dealkylation sites (tertiary alicyclic amines) is 1. The summed E-state index contributed by atoms with van der Waals surface area (Å²) in [4.78, 5) is 12.8. The van der Waals surface area contributed by atoms with Gasteiger partial charge in [-0.3, -0.25) is 9.69 Å². The van der Waals surface area contributed by atoms with Gasteiger partial charge in [0.25, 0.3) is 0 Å². The minimum Gasteiger partial charge on any atom is -0.295 e. The molecule has 0 spiro atoms. The SMILES string of the molecule is CC1CC(C)CN(CC(=O)Cl)C1. The first kappa shape index (κ1) is 10.0. The fraction of sp³-hybridized carbons (Fsp3) is 0.889. The summed E-state index contributed by atoms with van der Waals surface area (Å²) in [6, 6.07) is 0. The van der Waals surface area contributed by atoms with Crippen LogP contribution in [0.2, 0.25) is 0 Å². The fourth-order valence-electron chi connectivity index (χ4n) is 2.10. The van der Waals surface area contributed by atoms with Gasteiger partial charge >= 0.3 is 0 Å². The maximum Gasteiger partial charge on any atom is 0.235 e. The van der Waals surface area contributed by atoms with E-state index in [2.05, 4.69) is 18.7 Å². The van der Waals surface area contributed by atoms with Crippen LogP contribution in [0.4, 0.5) is 0 Å². The maximum absolute atomic E-state index is 10.6. The van der Waals surface area contributed by atoms with Crippen LogP contribution in [0.15, 0.2) is 0 Å². The van der Waals surface area contributed by atoms with Gasteiger partial charge in [-0.05, 0) is 29.9 Å². The van der Waals surface area contributed by atoms with E-state index < -0.39 is 0 Å². The average molecular weight is 190 g/mol. The van der Waals surface area contributed by atoms with E-state index in [1.165, 1.54) is 6.42 Å². The molecule has 2 atom stereocenters. The summed E-state index contributed by atoms with van der Waals surface area (Å²) in [5, 5.41) is -0.240. The molecule has 0 saturated carbocycles. The van der Waals surface area contributed by atoms with Gasteiger partial charge in [-0.1, -0.05) is 13.8 Å². The van der Waals surface area contributed by atoms with Crippen molar-refractivity contribution in [2.45, 2.75) is 20.3 Å².